The number of hydrogen-bond donors (Lipinski definition) is 0. The van der Waals surface area contributed by atoms with Crippen molar-refractivity contribution in [2.75, 3.05) is 21.1 Å². The van der Waals surface area contributed by atoms with Gasteiger partial charge in [-0.2, -0.15) is 0 Å². The van der Waals surface area contributed by atoms with Crippen LogP contribution in [0.5, 0.6) is 0 Å². The van der Waals surface area contributed by atoms with Gasteiger partial charge in [0, 0.05) is 0 Å². The Kier molecular flexibility index (Phi) is 16.7. The lowest BCUT2D eigenvalue weighted by atomic mass is 9.84. The monoisotopic (exact) mass is 267 g/mol. The van der Waals surface area contributed by atoms with Gasteiger partial charge in [0.1, 0.15) is 0 Å². The van der Waals surface area contributed by atoms with E-state index in [2.05, 4.69) is 52.0 Å². The van der Waals surface area contributed by atoms with Gasteiger partial charge >= 0.3 is 0 Å². The molecule has 0 saturated heterocycles. The third-order valence-electron chi connectivity index (χ3n) is 1.95. The maximum atomic E-state index is 2.25. The first-order chi connectivity index (χ1) is 8.75. The molecule has 0 aliphatic heterocycles. The van der Waals surface area contributed by atoms with E-state index in [1.165, 1.54) is 11.1 Å². The summed E-state index contributed by atoms with van der Waals surface area (Å²) in [5.41, 5.74) is 3.12. The molecular formula is C18H37N. The SMILES string of the molecule is CC.CC.CN(C)C.Cc1ccccc1C(C)(C)C. The van der Waals surface area contributed by atoms with E-state index in [1.807, 2.05) is 53.7 Å². The normalized spacial score (nSPS) is 9.26. The summed E-state index contributed by atoms with van der Waals surface area (Å²) in [6.45, 7) is 16.9. The van der Waals surface area contributed by atoms with Gasteiger partial charge in [-0.3, -0.25) is 0 Å². The minimum atomic E-state index is 0.283. The van der Waals surface area contributed by atoms with Crippen LogP contribution in [0, 0.1) is 6.92 Å². The quantitative estimate of drug-likeness (QED) is 0.598. The van der Waals surface area contributed by atoms with Gasteiger partial charge in [-0.15, -0.1) is 0 Å². The molecule has 0 atom stereocenters. The molecule has 0 aromatic heterocycles. The van der Waals surface area contributed by atoms with Crippen LogP contribution in [0.4, 0.5) is 0 Å². The maximum absolute atomic E-state index is 2.25. The number of rotatable bonds is 0. The standard InChI is InChI=1S/C11H16.C3H9N.2C2H6/c1-9-7-5-6-8-10(9)11(2,3)4;1-4(2)3;2*1-2/h5-8H,1-4H3;1-3H3;2*1-2H3. The summed E-state index contributed by atoms with van der Waals surface area (Å²) >= 11 is 0. The summed E-state index contributed by atoms with van der Waals surface area (Å²) in [5, 5.41) is 0. The van der Waals surface area contributed by atoms with Crippen molar-refractivity contribution in [2.24, 2.45) is 0 Å². The van der Waals surface area contributed by atoms with Crippen molar-refractivity contribution in [3.8, 4) is 0 Å². The fourth-order valence-electron chi connectivity index (χ4n) is 1.41. The topological polar surface area (TPSA) is 3.24 Å². The van der Waals surface area contributed by atoms with E-state index in [9.17, 15) is 0 Å². The summed E-state index contributed by atoms with van der Waals surface area (Å²) < 4.78 is 0. The number of aryl methyl sites for hydroxylation is 1. The molecule has 0 heterocycles. The van der Waals surface area contributed by atoms with Crippen molar-refractivity contribution in [3.63, 3.8) is 0 Å². The molecular weight excluding hydrogens is 230 g/mol. The molecule has 19 heavy (non-hydrogen) atoms. The Hall–Kier alpha value is -0.820. The Morgan fingerprint density at radius 1 is 0.789 bits per heavy atom. The molecule has 114 valence electrons. The van der Waals surface area contributed by atoms with Crippen LogP contribution >= 0.6 is 0 Å². The summed E-state index contributed by atoms with van der Waals surface area (Å²) in [4.78, 5) is 2.00. The molecule has 0 bridgehead atoms. The van der Waals surface area contributed by atoms with Gasteiger partial charge < -0.3 is 4.90 Å². The molecule has 1 rings (SSSR count). The van der Waals surface area contributed by atoms with Crippen molar-refractivity contribution < 1.29 is 0 Å². The minimum Gasteiger partial charge on any atom is -0.312 e. The first-order valence-corrected chi connectivity index (χ1v) is 7.42. The third kappa shape index (κ3) is 15.1. The first kappa shape index (κ1) is 23.3. The highest BCUT2D eigenvalue weighted by molar-refractivity contribution is 5.31. The Balaban J connectivity index is -0.000000271. The Morgan fingerprint density at radius 3 is 1.32 bits per heavy atom. The lowest BCUT2D eigenvalue weighted by molar-refractivity contribution is 0.505. The van der Waals surface area contributed by atoms with E-state index >= 15 is 0 Å². The predicted octanol–water partition coefficient (Wildman–Crippen LogP) is 5.52. The largest absolute Gasteiger partial charge is 0.312 e. The van der Waals surface area contributed by atoms with Gasteiger partial charge in [0.2, 0.25) is 0 Å². The van der Waals surface area contributed by atoms with Crippen LogP contribution in [0.3, 0.4) is 0 Å². The van der Waals surface area contributed by atoms with Crippen LogP contribution in [0.25, 0.3) is 0 Å². The molecule has 0 radical (unpaired) electrons. The number of nitrogens with zero attached hydrogens (tertiary/aromatic N) is 1. The molecule has 0 aliphatic rings. The molecule has 0 amide bonds. The fourth-order valence-corrected chi connectivity index (χ4v) is 1.41. The predicted molar refractivity (Wildman–Crippen MR) is 92.2 cm³/mol. The zero-order valence-corrected chi connectivity index (χ0v) is 15.3. The summed E-state index contributed by atoms with van der Waals surface area (Å²) in [7, 11) is 6.00. The van der Waals surface area contributed by atoms with E-state index in [0.29, 0.717) is 0 Å². The molecule has 0 N–H and O–H groups in total. The van der Waals surface area contributed by atoms with Gasteiger partial charge in [-0.25, -0.2) is 0 Å². The first-order valence-electron chi connectivity index (χ1n) is 7.42. The molecule has 0 saturated carbocycles. The van der Waals surface area contributed by atoms with Gasteiger partial charge in [0.15, 0.2) is 0 Å². The van der Waals surface area contributed by atoms with Crippen LogP contribution in [0.1, 0.15) is 59.6 Å². The number of hydrogen-bond acceptors (Lipinski definition) is 1. The van der Waals surface area contributed by atoms with Crippen molar-refractivity contribution in [1.29, 1.82) is 0 Å². The average Bonchev–Trinajstić information content (AvgIpc) is 2.32. The van der Waals surface area contributed by atoms with Crippen LogP contribution in [-0.4, -0.2) is 26.0 Å². The van der Waals surface area contributed by atoms with Crippen LogP contribution < -0.4 is 0 Å². The van der Waals surface area contributed by atoms with Crippen LogP contribution in [0.15, 0.2) is 24.3 Å². The van der Waals surface area contributed by atoms with Gasteiger partial charge in [-0.1, -0.05) is 72.7 Å². The molecule has 1 aromatic carbocycles. The lowest BCUT2D eigenvalue weighted by Gasteiger charge is -2.21. The minimum absolute atomic E-state index is 0.283. The fraction of sp³-hybridized carbons (Fsp3) is 0.667. The Morgan fingerprint density at radius 2 is 1.11 bits per heavy atom. The zero-order chi connectivity index (χ0) is 16.1. The van der Waals surface area contributed by atoms with Crippen molar-refractivity contribution in [2.45, 2.75) is 60.8 Å². The van der Waals surface area contributed by atoms with Crippen molar-refractivity contribution >= 4 is 0 Å². The molecule has 0 unspecified atom stereocenters. The zero-order valence-electron chi connectivity index (χ0n) is 15.3. The Bertz CT molecular complexity index is 279. The second kappa shape index (κ2) is 13.6. The molecule has 0 spiro atoms. The number of benzene rings is 1. The van der Waals surface area contributed by atoms with E-state index in [-0.39, 0.29) is 5.41 Å². The van der Waals surface area contributed by atoms with Gasteiger partial charge in [0.05, 0.1) is 0 Å². The maximum Gasteiger partial charge on any atom is -0.0129 e. The highest BCUT2D eigenvalue weighted by atomic mass is 15.0. The van der Waals surface area contributed by atoms with E-state index in [4.69, 9.17) is 0 Å². The molecule has 1 heteroatoms. The average molecular weight is 268 g/mol. The summed E-state index contributed by atoms with van der Waals surface area (Å²) in [6, 6.07) is 8.56. The smallest absolute Gasteiger partial charge is 0.0129 e. The van der Waals surface area contributed by atoms with E-state index in [0.717, 1.165) is 0 Å². The van der Waals surface area contributed by atoms with E-state index < -0.39 is 0 Å². The second-order valence-electron chi connectivity index (χ2n) is 5.41. The third-order valence-corrected chi connectivity index (χ3v) is 1.95. The summed E-state index contributed by atoms with van der Waals surface area (Å²) in [5.74, 6) is 0. The highest BCUT2D eigenvalue weighted by Gasteiger charge is 2.14. The molecule has 0 fully saturated rings. The lowest BCUT2D eigenvalue weighted by Crippen LogP contribution is -2.12. The van der Waals surface area contributed by atoms with Gasteiger partial charge in [0.25, 0.3) is 0 Å². The molecule has 0 aliphatic carbocycles. The highest BCUT2D eigenvalue weighted by Crippen LogP contribution is 2.24. The van der Waals surface area contributed by atoms with Crippen LogP contribution in [-0.2, 0) is 5.41 Å². The van der Waals surface area contributed by atoms with Crippen molar-refractivity contribution in [1.82, 2.24) is 4.90 Å². The van der Waals surface area contributed by atoms with E-state index in [1.54, 1.807) is 0 Å². The van der Waals surface area contributed by atoms with Gasteiger partial charge in [-0.05, 0) is 44.6 Å². The van der Waals surface area contributed by atoms with Crippen molar-refractivity contribution in [3.05, 3.63) is 35.4 Å². The summed E-state index contributed by atoms with van der Waals surface area (Å²) in [6.07, 6.45) is 0. The second-order valence-corrected chi connectivity index (χ2v) is 5.41. The Labute approximate surface area is 123 Å². The van der Waals surface area contributed by atoms with Crippen LogP contribution in [0.2, 0.25) is 0 Å². The molecule has 1 aromatic rings. The molecule has 1 nitrogen and oxygen atoms in total.